The van der Waals surface area contributed by atoms with Gasteiger partial charge in [0.25, 0.3) is 0 Å². The molecule has 150 valence electrons. The first-order valence-electron chi connectivity index (χ1n) is 10.2. The molecule has 0 saturated carbocycles. The maximum absolute atomic E-state index is 15.2. The van der Waals surface area contributed by atoms with Gasteiger partial charge < -0.3 is 0 Å². The van der Waals surface area contributed by atoms with Gasteiger partial charge in [0.15, 0.2) is 0 Å². The van der Waals surface area contributed by atoms with Crippen molar-refractivity contribution < 1.29 is 8.78 Å². The lowest BCUT2D eigenvalue weighted by molar-refractivity contribution is 0.00813. The number of hydrogen-bond acceptors (Lipinski definition) is 1. The summed E-state index contributed by atoms with van der Waals surface area (Å²) in [5, 5.41) is 0. The number of alkyl halides is 1. The van der Waals surface area contributed by atoms with Gasteiger partial charge in [0.05, 0.1) is 6.04 Å². The quantitative estimate of drug-likeness (QED) is 0.471. The summed E-state index contributed by atoms with van der Waals surface area (Å²) in [5.41, 5.74) is 1.80. The van der Waals surface area contributed by atoms with Crippen LogP contribution in [0.15, 0.2) is 84.9 Å². The van der Waals surface area contributed by atoms with E-state index in [4.69, 9.17) is 0 Å². The first-order valence-corrected chi connectivity index (χ1v) is 10.2. The van der Waals surface area contributed by atoms with Gasteiger partial charge in [0, 0.05) is 19.0 Å². The van der Waals surface area contributed by atoms with Crippen LogP contribution in [0.1, 0.15) is 42.5 Å². The molecule has 1 nitrogen and oxygen atoms in total. The van der Waals surface area contributed by atoms with Gasteiger partial charge in [-0.05, 0) is 48.6 Å². The molecule has 0 aromatic heterocycles. The highest BCUT2D eigenvalue weighted by Gasteiger charge is 2.45. The van der Waals surface area contributed by atoms with Crippen molar-refractivity contribution in [1.29, 1.82) is 0 Å². The second-order valence-corrected chi connectivity index (χ2v) is 8.53. The Morgan fingerprint density at radius 3 is 1.79 bits per heavy atom. The van der Waals surface area contributed by atoms with Crippen LogP contribution in [-0.2, 0) is 0 Å². The summed E-state index contributed by atoms with van der Waals surface area (Å²) in [6, 6.07) is 27.4. The Morgan fingerprint density at radius 1 is 0.793 bits per heavy atom. The molecule has 4 rings (SSSR count). The van der Waals surface area contributed by atoms with Crippen molar-refractivity contribution in [2.75, 3.05) is 13.1 Å². The molecule has 1 heterocycles. The van der Waals surface area contributed by atoms with Crippen molar-refractivity contribution in [2.45, 2.75) is 31.5 Å². The second-order valence-electron chi connectivity index (χ2n) is 8.53. The van der Waals surface area contributed by atoms with Gasteiger partial charge >= 0.3 is 0 Å². The zero-order valence-electron chi connectivity index (χ0n) is 16.9. The zero-order valence-corrected chi connectivity index (χ0v) is 16.9. The Labute approximate surface area is 172 Å². The van der Waals surface area contributed by atoms with E-state index in [1.807, 2.05) is 18.2 Å². The number of hydrogen-bond donors (Lipinski definition) is 0. The largest absolute Gasteiger partial charge is 0.292 e. The molecule has 1 fully saturated rings. The fourth-order valence-electron chi connectivity index (χ4n) is 4.78. The number of rotatable bonds is 6. The first kappa shape index (κ1) is 19.8. The van der Waals surface area contributed by atoms with Crippen LogP contribution in [0.25, 0.3) is 0 Å². The smallest absolute Gasteiger partial charge is 0.123 e. The van der Waals surface area contributed by atoms with Crippen molar-refractivity contribution in [1.82, 2.24) is 4.90 Å². The third kappa shape index (κ3) is 4.25. The minimum absolute atomic E-state index is 0.143. The Balaban J connectivity index is 1.60. The van der Waals surface area contributed by atoms with Crippen molar-refractivity contribution in [2.24, 2.45) is 5.92 Å². The number of halogens is 2. The third-order valence-corrected chi connectivity index (χ3v) is 5.95. The van der Waals surface area contributed by atoms with E-state index in [2.05, 4.69) is 53.4 Å². The number of nitrogens with zero attached hydrogens (tertiary/aromatic N) is 1. The van der Waals surface area contributed by atoms with E-state index in [0.717, 1.165) is 18.7 Å². The van der Waals surface area contributed by atoms with Crippen LogP contribution < -0.4 is 0 Å². The Morgan fingerprint density at radius 2 is 1.31 bits per heavy atom. The predicted octanol–water partition coefficient (Wildman–Crippen LogP) is 6.38. The molecular formula is C26H27F2N. The summed E-state index contributed by atoms with van der Waals surface area (Å²) in [6.07, 6.45) is 0. The van der Waals surface area contributed by atoms with Gasteiger partial charge in [-0.3, -0.25) is 4.90 Å². The molecule has 1 atom stereocenters. The van der Waals surface area contributed by atoms with E-state index in [-0.39, 0.29) is 23.7 Å². The minimum Gasteiger partial charge on any atom is -0.292 e. The summed E-state index contributed by atoms with van der Waals surface area (Å²) in [5.74, 6) is -0.493. The maximum Gasteiger partial charge on any atom is 0.123 e. The highest BCUT2D eigenvalue weighted by molar-refractivity contribution is 5.33. The Hall–Kier alpha value is -2.52. The van der Waals surface area contributed by atoms with Crippen molar-refractivity contribution in [3.63, 3.8) is 0 Å². The molecular weight excluding hydrogens is 364 g/mol. The monoisotopic (exact) mass is 391 g/mol. The predicted molar refractivity (Wildman–Crippen MR) is 114 cm³/mol. The van der Waals surface area contributed by atoms with Crippen molar-refractivity contribution in [3.8, 4) is 0 Å². The lowest BCUT2D eigenvalue weighted by Crippen LogP contribution is -2.53. The van der Waals surface area contributed by atoms with E-state index < -0.39 is 5.67 Å². The molecule has 1 aliphatic heterocycles. The van der Waals surface area contributed by atoms with Gasteiger partial charge in [0.2, 0.25) is 0 Å². The second kappa shape index (κ2) is 8.08. The average Bonchev–Trinajstić information content (AvgIpc) is 2.67. The van der Waals surface area contributed by atoms with Gasteiger partial charge in [-0.2, -0.15) is 0 Å². The van der Waals surface area contributed by atoms with Crippen LogP contribution in [0.4, 0.5) is 8.78 Å². The standard InChI is InChI=1S/C26H27F2N/c1-26(2,28)24(21-14-9-15-23(27)16-21)22-17-29(18-22)25(19-10-5-3-6-11-19)20-12-7-4-8-13-20/h3-16,22,24-25H,17-18H2,1-2H3. The fraction of sp³-hybridized carbons (Fsp3) is 0.308. The van der Waals surface area contributed by atoms with Crippen LogP contribution in [0.2, 0.25) is 0 Å². The summed E-state index contributed by atoms with van der Waals surface area (Å²) in [6.45, 7) is 4.78. The van der Waals surface area contributed by atoms with E-state index in [1.54, 1.807) is 19.9 Å². The number of likely N-dealkylation sites (tertiary alicyclic amines) is 1. The van der Waals surface area contributed by atoms with Gasteiger partial charge in [-0.1, -0.05) is 72.8 Å². The van der Waals surface area contributed by atoms with Crippen LogP contribution in [0, 0.1) is 11.7 Å². The molecule has 3 heteroatoms. The minimum atomic E-state index is -1.42. The molecule has 1 aliphatic rings. The lowest BCUT2D eigenvalue weighted by atomic mass is 9.72. The zero-order chi connectivity index (χ0) is 20.4. The van der Waals surface area contributed by atoms with Crippen LogP contribution >= 0.6 is 0 Å². The maximum atomic E-state index is 15.2. The third-order valence-electron chi connectivity index (χ3n) is 5.95. The van der Waals surface area contributed by atoms with Crippen molar-refractivity contribution >= 4 is 0 Å². The Kier molecular flexibility index (Phi) is 5.51. The highest BCUT2D eigenvalue weighted by Crippen LogP contribution is 2.45. The lowest BCUT2D eigenvalue weighted by Gasteiger charge is -2.50. The molecule has 1 saturated heterocycles. The first-order chi connectivity index (χ1) is 13.9. The molecule has 0 spiro atoms. The number of benzene rings is 3. The van der Waals surface area contributed by atoms with Crippen LogP contribution in [0.5, 0.6) is 0 Å². The van der Waals surface area contributed by atoms with Crippen LogP contribution in [0.3, 0.4) is 0 Å². The van der Waals surface area contributed by atoms with Crippen LogP contribution in [-0.4, -0.2) is 23.7 Å². The molecule has 0 radical (unpaired) electrons. The van der Waals surface area contributed by atoms with Gasteiger partial charge in [-0.25, -0.2) is 8.78 Å². The van der Waals surface area contributed by atoms with E-state index in [9.17, 15) is 4.39 Å². The summed E-state index contributed by atoms with van der Waals surface area (Å²) < 4.78 is 29.0. The SMILES string of the molecule is CC(C)(F)C(c1cccc(F)c1)C1CN(C(c2ccccc2)c2ccccc2)C1. The van der Waals surface area contributed by atoms with E-state index in [1.165, 1.54) is 23.3 Å². The molecule has 1 unspecified atom stereocenters. The molecule has 0 N–H and O–H groups in total. The topological polar surface area (TPSA) is 3.24 Å². The molecule has 3 aromatic rings. The molecule has 0 amide bonds. The molecule has 0 aliphatic carbocycles. The van der Waals surface area contributed by atoms with E-state index in [0.29, 0.717) is 0 Å². The van der Waals surface area contributed by atoms with E-state index >= 15 is 4.39 Å². The molecule has 29 heavy (non-hydrogen) atoms. The molecule has 3 aromatic carbocycles. The average molecular weight is 392 g/mol. The summed E-state index contributed by atoms with van der Waals surface area (Å²) >= 11 is 0. The van der Waals surface area contributed by atoms with Gasteiger partial charge in [0.1, 0.15) is 11.5 Å². The highest BCUT2D eigenvalue weighted by atomic mass is 19.1. The molecule has 0 bridgehead atoms. The Bertz CT molecular complexity index is 888. The summed E-state index contributed by atoms with van der Waals surface area (Å²) in [7, 11) is 0. The summed E-state index contributed by atoms with van der Waals surface area (Å²) in [4.78, 5) is 2.40. The van der Waals surface area contributed by atoms with Gasteiger partial charge in [-0.15, -0.1) is 0 Å². The van der Waals surface area contributed by atoms with Crippen molar-refractivity contribution in [3.05, 3.63) is 107 Å². The fourth-order valence-corrected chi connectivity index (χ4v) is 4.78. The normalized spacial score (nSPS) is 16.6.